The molecule has 0 saturated heterocycles. The van der Waals surface area contributed by atoms with Crippen molar-refractivity contribution in [3.8, 4) is 11.3 Å². The maximum absolute atomic E-state index is 12.6. The van der Waals surface area contributed by atoms with Gasteiger partial charge >= 0.3 is 0 Å². The Bertz CT molecular complexity index is 1340. The number of hydrogen-bond donors (Lipinski definition) is 3. The van der Waals surface area contributed by atoms with E-state index in [2.05, 4.69) is 25.3 Å². The Kier molecular flexibility index (Phi) is 6.32. The summed E-state index contributed by atoms with van der Waals surface area (Å²) in [7, 11) is 0. The van der Waals surface area contributed by atoms with Gasteiger partial charge in [0.1, 0.15) is 16.5 Å². The lowest BCUT2D eigenvalue weighted by atomic mass is 10.2. The van der Waals surface area contributed by atoms with Gasteiger partial charge in [-0.1, -0.05) is 37.3 Å². The van der Waals surface area contributed by atoms with Gasteiger partial charge in [0.05, 0.1) is 34.8 Å². The molecule has 0 fully saturated rings. The van der Waals surface area contributed by atoms with Crippen molar-refractivity contribution in [2.45, 2.75) is 44.4 Å². The molecule has 3 heterocycles. The van der Waals surface area contributed by atoms with Crippen LogP contribution in [0.3, 0.4) is 0 Å². The molecule has 1 amide bonds. The van der Waals surface area contributed by atoms with E-state index < -0.39 is 0 Å². The largest absolute Gasteiger partial charge is 0.345 e. The summed E-state index contributed by atoms with van der Waals surface area (Å²) < 4.78 is 0. The lowest BCUT2D eigenvalue weighted by Gasteiger charge is -2.14. The average molecular weight is 480 g/mol. The standard InChI is InChI=1S/C24H25N5O2S2/c1-2-16(22-25-11-17(27-22)14-7-4-3-5-8-14)26-20(30)13-32-12-19-28-23(31)21-15-9-6-10-18(15)33-24(21)29-19/h3-5,7-8,11,16H,2,6,9-10,12-13H2,1H3,(H,25,27)(H,26,30)(H,28,29,31). The number of aryl methyl sites for hydroxylation is 2. The molecule has 0 saturated carbocycles. The van der Waals surface area contributed by atoms with E-state index in [1.54, 1.807) is 17.5 Å². The maximum atomic E-state index is 12.6. The molecule has 3 aromatic heterocycles. The molecule has 4 aromatic rings. The maximum Gasteiger partial charge on any atom is 0.259 e. The van der Waals surface area contributed by atoms with Crippen LogP contribution in [-0.4, -0.2) is 31.6 Å². The van der Waals surface area contributed by atoms with Crippen molar-refractivity contribution in [2.24, 2.45) is 0 Å². The van der Waals surface area contributed by atoms with Crippen molar-refractivity contribution in [1.29, 1.82) is 0 Å². The van der Waals surface area contributed by atoms with E-state index in [4.69, 9.17) is 0 Å². The summed E-state index contributed by atoms with van der Waals surface area (Å²) in [6.45, 7) is 2.02. The Morgan fingerprint density at radius 1 is 1.24 bits per heavy atom. The summed E-state index contributed by atoms with van der Waals surface area (Å²) in [5.74, 6) is 2.07. The molecule has 33 heavy (non-hydrogen) atoms. The number of thioether (sulfide) groups is 1. The van der Waals surface area contributed by atoms with Crippen LogP contribution in [0.25, 0.3) is 21.5 Å². The lowest BCUT2D eigenvalue weighted by molar-refractivity contribution is -0.119. The highest BCUT2D eigenvalue weighted by atomic mass is 32.2. The van der Waals surface area contributed by atoms with E-state index >= 15 is 0 Å². The van der Waals surface area contributed by atoms with Crippen LogP contribution in [0, 0.1) is 0 Å². The lowest BCUT2D eigenvalue weighted by Crippen LogP contribution is -2.30. The number of fused-ring (bicyclic) bond motifs is 3. The van der Waals surface area contributed by atoms with E-state index in [0.717, 1.165) is 53.0 Å². The van der Waals surface area contributed by atoms with Crippen LogP contribution in [0.5, 0.6) is 0 Å². The molecule has 1 unspecified atom stereocenters. The summed E-state index contributed by atoms with van der Waals surface area (Å²) in [5.41, 5.74) is 3.11. The highest BCUT2D eigenvalue weighted by Crippen LogP contribution is 2.34. The molecule has 5 rings (SSSR count). The zero-order chi connectivity index (χ0) is 22.8. The molecule has 170 valence electrons. The third-order valence-electron chi connectivity index (χ3n) is 5.85. The molecule has 0 spiro atoms. The predicted molar refractivity (Wildman–Crippen MR) is 134 cm³/mol. The third-order valence-corrected chi connectivity index (χ3v) is 7.98. The predicted octanol–water partition coefficient (Wildman–Crippen LogP) is 4.36. The van der Waals surface area contributed by atoms with Crippen molar-refractivity contribution in [3.63, 3.8) is 0 Å². The zero-order valence-corrected chi connectivity index (χ0v) is 19.9. The molecule has 9 heteroatoms. The number of benzene rings is 1. The molecule has 0 bridgehead atoms. The Hall–Kier alpha value is -2.91. The van der Waals surface area contributed by atoms with Gasteiger partial charge in [0.25, 0.3) is 5.56 Å². The highest BCUT2D eigenvalue weighted by Gasteiger charge is 2.21. The summed E-state index contributed by atoms with van der Waals surface area (Å²) in [5, 5.41) is 3.82. The summed E-state index contributed by atoms with van der Waals surface area (Å²) in [4.78, 5) is 42.6. The van der Waals surface area contributed by atoms with Gasteiger partial charge < -0.3 is 15.3 Å². The number of hydrogen-bond acceptors (Lipinski definition) is 6. The van der Waals surface area contributed by atoms with Crippen LogP contribution in [0.15, 0.2) is 41.3 Å². The van der Waals surface area contributed by atoms with E-state index in [0.29, 0.717) is 11.6 Å². The van der Waals surface area contributed by atoms with E-state index in [-0.39, 0.29) is 23.3 Å². The second-order valence-electron chi connectivity index (χ2n) is 8.12. The minimum Gasteiger partial charge on any atom is -0.345 e. The zero-order valence-electron chi connectivity index (χ0n) is 18.3. The van der Waals surface area contributed by atoms with Crippen LogP contribution < -0.4 is 10.9 Å². The number of thiophene rings is 1. The van der Waals surface area contributed by atoms with Gasteiger partial charge in [-0.3, -0.25) is 9.59 Å². The van der Waals surface area contributed by atoms with E-state index in [9.17, 15) is 9.59 Å². The first-order valence-electron chi connectivity index (χ1n) is 11.1. The van der Waals surface area contributed by atoms with Crippen molar-refractivity contribution >= 4 is 39.2 Å². The fourth-order valence-electron chi connectivity index (χ4n) is 4.23. The first-order chi connectivity index (χ1) is 16.1. The van der Waals surface area contributed by atoms with Crippen LogP contribution >= 0.6 is 23.1 Å². The van der Waals surface area contributed by atoms with Crippen LogP contribution in [0.4, 0.5) is 0 Å². The quantitative estimate of drug-likeness (QED) is 0.348. The summed E-state index contributed by atoms with van der Waals surface area (Å²) in [6, 6.07) is 9.80. The third kappa shape index (κ3) is 4.60. The molecule has 1 aliphatic carbocycles. The Labute approximate surface area is 199 Å². The number of rotatable bonds is 8. The van der Waals surface area contributed by atoms with Crippen LogP contribution in [0.1, 0.15) is 47.9 Å². The molecule has 1 aromatic carbocycles. The number of aromatic nitrogens is 4. The Morgan fingerprint density at radius 2 is 2.09 bits per heavy atom. The van der Waals surface area contributed by atoms with Gasteiger partial charge in [-0.25, -0.2) is 9.97 Å². The second-order valence-corrected chi connectivity index (χ2v) is 10.2. The molecule has 3 N–H and O–H groups in total. The van der Waals surface area contributed by atoms with Gasteiger partial charge in [0.15, 0.2) is 0 Å². The second kappa shape index (κ2) is 9.52. The molecule has 7 nitrogen and oxygen atoms in total. The molecular formula is C24H25N5O2S2. The van der Waals surface area contributed by atoms with E-state index in [1.165, 1.54) is 22.2 Å². The number of aromatic amines is 2. The summed E-state index contributed by atoms with van der Waals surface area (Å²) in [6.07, 6.45) is 5.66. The Morgan fingerprint density at radius 3 is 2.91 bits per heavy atom. The van der Waals surface area contributed by atoms with Crippen molar-refractivity contribution in [1.82, 2.24) is 25.3 Å². The SMILES string of the molecule is CCC(NC(=O)CSCc1nc2sc3c(c2c(=O)[nH]1)CCC3)c1ncc(-c2ccccc2)[nH]1. The number of nitrogens with zero attached hydrogens (tertiary/aromatic N) is 2. The summed E-state index contributed by atoms with van der Waals surface area (Å²) >= 11 is 3.08. The smallest absolute Gasteiger partial charge is 0.259 e. The van der Waals surface area contributed by atoms with Crippen molar-refractivity contribution < 1.29 is 4.79 Å². The van der Waals surface area contributed by atoms with Crippen molar-refractivity contribution in [3.05, 3.63) is 69.0 Å². The average Bonchev–Trinajstić information content (AvgIpc) is 3.54. The van der Waals surface area contributed by atoms with Gasteiger partial charge in [-0.05, 0) is 36.8 Å². The van der Waals surface area contributed by atoms with Gasteiger partial charge in [-0.2, -0.15) is 0 Å². The van der Waals surface area contributed by atoms with E-state index in [1.807, 2.05) is 37.3 Å². The first kappa shape index (κ1) is 21.9. The number of amides is 1. The molecule has 0 aliphatic heterocycles. The molecular weight excluding hydrogens is 454 g/mol. The molecule has 1 aliphatic rings. The minimum atomic E-state index is -0.182. The fraction of sp³-hybridized carbons (Fsp3) is 0.333. The fourth-order valence-corrected chi connectivity index (χ4v) is 6.22. The number of nitrogens with one attached hydrogen (secondary N) is 3. The number of carbonyl (C=O) groups is 1. The van der Waals surface area contributed by atoms with Crippen molar-refractivity contribution in [2.75, 3.05) is 5.75 Å². The van der Waals surface area contributed by atoms with Gasteiger partial charge in [-0.15, -0.1) is 23.1 Å². The van der Waals surface area contributed by atoms with Gasteiger partial charge in [0, 0.05) is 4.88 Å². The monoisotopic (exact) mass is 479 g/mol. The van der Waals surface area contributed by atoms with Gasteiger partial charge in [0.2, 0.25) is 5.91 Å². The minimum absolute atomic E-state index is 0.0578. The number of imidazole rings is 1. The first-order valence-corrected chi connectivity index (χ1v) is 13.1. The topological polar surface area (TPSA) is 104 Å². The number of H-pyrrole nitrogens is 2. The Balaban J connectivity index is 1.18. The normalized spacial score (nSPS) is 13.8. The molecule has 0 radical (unpaired) electrons. The highest BCUT2D eigenvalue weighted by molar-refractivity contribution is 7.99. The molecule has 1 atom stereocenters. The number of carbonyl (C=O) groups excluding carboxylic acids is 1. The van der Waals surface area contributed by atoms with Crippen LogP contribution in [0.2, 0.25) is 0 Å². The van der Waals surface area contributed by atoms with Crippen LogP contribution in [-0.2, 0) is 23.4 Å².